The highest BCUT2D eigenvalue weighted by molar-refractivity contribution is 6.04. The topological polar surface area (TPSA) is 78.4 Å². The van der Waals surface area contributed by atoms with Crippen LogP contribution in [0, 0.1) is 0 Å². The van der Waals surface area contributed by atoms with E-state index in [4.69, 9.17) is 19.0 Å². The van der Waals surface area contributed by atoms with Crippen LogP contribution in [0.25, 0.3) is 0 Å². The van der Waals surface area contributed by atoms with Crippen molar-refractivity contribution in [1.82, 2.24) is 5.32 Å². The average molecular weight is 336 g/mol. The lowest BCUT2D eigenvalue weighted by atomic mass is 10.0. The van der Waals surface area contributed by atoms with Gasteiger partial charge in [0.1, 0.15) is 0 Å². The van der Waals surface area contributed by atoms with Gasteiger partial charge in [0.2, 0.25) is 11.9 Å². The normalized spacial score (nSPS) is 17.5. The van der Waals surface area contributed by atoms with Gasteiger partial charge in [-0.3, -0.25) is 4.79 Å². The van der Waals surface area contributed by atoms with Gasteiger partial charge in [-0.05, 0) is 25.5 Å². The van der Waals surface area contributed by atoms with Crippen molar-refractivity contribution < 1.29 is 23.8 Å². The summed E-state index contributed by atoms with van der Waals surface area (Å²) in [7, 11) is 4.65. The van der Waals surface area contributed by atoms with Crippen molar-refractivity contribution in [3.8, 4) is 17.2 Å². The predicted molar refractivity (Wildman–Crippen MR) is 90.0 cm³/mol. The Balaban J connectivity index is 2.17. The van der Waals surface area contributed by atoms with Gasteiger partial charge >= 0.3 is 0 Å². The SMILES string of the molecule is CCC(C)NC(=O)C1CC(c2cc(OC)c(OC)c(OC)c2)=NO1. The number of hydrogen-bond acceptors (Lipinski definition) is 6. The maximum Gasteiger partial charge on any atom is 0.264 e. The van der Waals surface area contributed by atoms with E-state index >= 15 is 0 Å². The number of benzene rings is 1. The number of oxime groups is 1. The summed E-state index contributed by atoms with van der Waals surface area (Å²) >= 11 is 0. The van der Waals surface area contributed by atoms with Gasteiger partial charge in [-0.25, -0.2) is 0 Å². The summed E-state index contributed by atoms with van der Waals surface area (Å²) in [5.74, 6) is 1.41. The van der Waals surface area contributed by atoms with Gasteiger partial charge in [-0.2, -0.15) is 0 Å². The molecule has 0 saturated heterocycles. The smallest absolute Gasteiger partial charge is 0.264 e. The third-order valence-corrected chi connectivity index (χ3v) is 3.96. The van der Waals surface area contributed by atoms with Gasteiger partial charge in [0.15, 0.2) is 11.5 Å². The van der Waals surface area contributed by atoms with E-state index in [-0.39, 0.29) is 11.9 Å². The molecule has 0 spiro atoms. The zero-order valence-electron chi connectivity index (χ0n) is 14.7. The summed E-state index contributed by atoms with van der Waals surface area (Å²) in [5, 5.41) is 6.95. The number of nitrogens with one attached hydrogen (secondary N) is 1. The van der Waals surface area contributed by atoms with E-state index in [1.54, 1.807) is 33.5 Å². The molecule has 2 rings (SSSR count). The van der Waals surface area contributed by atoms with Crippen molar-refractivity contribution in [2.24, 2.45) is 5.16 Å². The molecular formula is C17H24N2O5. The fraction of sp³-hybridized carbons (Fsp3) is 0.529. The molecule has 1 aliphatic rings. The van der Waals surface area contributed by atoms with E-state index in [2.05, 4.69) is 10.5 Å². The summed E-state index contributed by atoms with van der Waals surface area (Å²) in [5.41, 5.74) is 1.43. The van der Waals surface area contributed by atoms with Crippen molar-refractivity contribution in [2.45, 2.75) is 38.8 Å². The molecule has 1 N–H and O–H groups in total. The lowest BCUT2D eigenvalue weighted by molar-refractivity contribution is -0.131. The summed E-state index contributed by atoms with van der Waals surface area (Å²) in [6, 6.07) is 3.68. The fourth-order valence-electron chi connectivity index (χ4n) is 2.37. The largest absolute Gasteiger partial charge is 0.493 e. The third-order valence-electron chi connectivity index (χ3n) is 3.96. The first-order valence-electron chi connectivity index (χ1n) is 7.87. The molecule has 2 unspecified atom stereocenters. The number of carbonyl (C=O) groups is 1. The molecule has 1 aromatic rings. The van der Waals surface area contributed by atoms with Gasteiger partial charge < -0.3 is 24.4 Å². The van der Waals surface area contributed by atoms with Gasteiger partial charge in [-0.1, -0.05) is 12.1 Å². The molecule has 24 heavy (non-hydrogen) atoms. The molecule has 1 heterocycles. The van der Waals surface area contributed by atoms with Crippen molar-refractivity contribution in [1.29, 1.82) is 0 Å². The second-order valence-corrected chi connectivity index (χ2v) is 5.57. The second-order valence-electron chi connectivity index (χ2n) is 5.57. The minimum Gasteiger partial charge on any atom is -0.493 e. The highest BCUT2D eigenvalue weighted by Gasteiger charge is 2.30. The molecule has 1 aromatic carbocycles. The van der Waals surface area contributed by atoms with Gasteiger partial charge in [0, 0.05) is 18.0 Å². The minimum absolute atomic E-state index is 0.103. The highest BCUT2D eigenvalue weighted by atomic mass is 16.6. The Bertz CT molecular complexity index is 604. The molecule has 0 radical (unpaired) electrons. The quantitative estimate of drug-likeness (QED) is 0.825. The molecule has 1 aliphatic heterocycles. The van der Waals surface area contributed by atoms with Crippen molar-refractivity contribution in [3.05, 3.63) is 17.7 Å². The third kappa shape index (κ3) is 3.72. The maximum absolute atomic E-state index is 12.2. The standard InChI is InChI=1S/C17H24N2O5/c1-6-10(2)18-17(20)15-9-12(19-24-15)11-7-13(21-3)16(23-5)14(8-11)22-4/h7-8,10,15H,6,9H2,1-5H3,(H,18,20). The van der Waals surface area contributed by atoms with E-state index in [1.807, 2.05) is 13.8 Å². The summed E-state index contributed by atoms with van der Waals surface area (Å²) in [6.07, 6.45) is 0.632. The van der Waals surface area contributed by atoms with Gasteiger partial charge in [0.25, 0.3) is 5.91 Å². The maximum atomic E-state index is 12.2. The number of carbonyl (C=O) groups excluding carboxylic acids is 1. The van der Waals surface area contributed by atoms with E-state index in [9.17, 15) is 4.79 Å². The Hall–Kier alpha value is -2.44. The first-order chi connectivity index (χ1) is 11.5. The summed E-state index contributed by atoms with van der Waals surface area (Å²) in [4.78, 5) is 17.5. The van der Waals surface area contributed by atoms with Crippen LogP contribution in [0.5, 0.6) is 17.2 Å². The van der Waals surface area contributed by atoms with Crippen LogP contribution < -0.4 is 19.5 Å². The number of nitrogens with zero attached hydrogens (tertiary/aromatic N) is 1. The van der Waals surface area contributed by atoms with Crippen molar-refractivity contribution >= 4 is 11.6 Å². The van der Waals surface area contributed by atoms with Crippen LogP contribution in [0.2, 0.25) is 0 Å². The summed E-state index contributed by atoms with van der Waals surface area (Å²) in [6.45, 7) is 3.96. The summed E-state index contributed by atoms with van der Waals surface area (Å²) < 4.78 is 16.0. The number of rotatable bonds is 7. The van der Waals surface area contributed by atoms with Crippen LogP contribution in [-0.2, 0) is 9.63 Å². The molecule has 0 saturated carbocycles. The van der Waals surface area contributed by atoms with Crippen LogP contribution in [0.4, 0.5) is 0 Å². The Morgan fingerprint density at radius 1 is 1.29 bits per heavy atom. The molecule has 7 nitrogen and oxygen atoms in total. The van der Waals surface area contributed by atoms with Crippen molar-refractivity contribution in [2.75, 3.05) is 21.3 Å². The van der Waals surface area contributed by atoms with Crippen LogP contribution >= 0.6 is 0 Å². The average Bonchev–Trinajstić information content (AvgIpc) is 3.10. The van der Waals surface area contributed by atoms with Crippen LogP contribution in [-0.4, -0.2) is 45.1 Å². The molecule has 0 aliphatic carbocycles. The highest BCUT2D eigenvalue weighted by Crippen LogP contribution is 2.39. The van der Waals surface area contributed by atoms with Crippen LogP contribution in [0.15, 0.2) is 17.3 Å². The minimum atomic E-state index is -0.618. The van der Waals surface area contributed by atoms with E-state index in [0.717, 1.165) is 12.0 Å². The fourth-order valence-corrected chi connectivity index (χ4v) is 2.37. The molecule has 0 bridgehead atoms. The monoisotopic (exact) mass is 336 g/mol. The molecule has 1 amide bonds. The second kappa shape index (κ2) is 7.90. The number of amides is 1. The Morgan fingerprint density at radius 2 is 1.92 bits per heavy atom. The number of methoxy groups -OCH3 is 3. The first-order valence-corrected chi connectivity index (χ1v) is 7.87. The molecule has 2 atom stereocenters. The Labute approximate surface area is 141 Å². The zero-order chi connectivity index (χ0) is 17.7. The molecule has 0 fully saturated rings. The van der Waals surface area contributed by atoms with Crippen molar-refractivity contribution in [3.63, 3.8) is 0 Å². The molecule has 7 heteroatoms. The Morgan fingerprint density at radius 3 is 2.42 bits per heavy atom. The number of ether oxygens (including phenoxy) is 3. The van der Waals surface area contributed by atoms with E-state index < -0.39 is 6.10 Å². The van der Waals surface area contributed by atoms with E-state index in [1.165, 1.54) is 0 Å². The molecular weight excluding hydrogens is 312 g/mol. The predicted octanol–water partition coefficient (Wildman–Crippen LogP) is 2.12. The van der Waals surface area contributed by atoms with Crippen LogP contribution in [0.1, 0.15) is 32.3 Å². The van der Waals surface area contributed by atoms with Gasteiger partial charge in [-0.15, -0.1) is 0 Å². The number of hydrogen-bond donors (Lipinski definition) is 1. The lowest BCUT2D eigenvalue weighted by Gasteiger charge is -2.15. The Kier molecular flexibility index (Phi) is 5.89. The van der Waals surface area contributed by atoms with Gasteiger partial charge in [0.05, 0.1) is 27.0 Å². The lowest BCUT2D eigenvalue weighted by Crippen LogP contribution is -2.39. The van der Waals surface area contributed by atoms with Crippen LogP contribution in [0.3, 0.4) is 0 Å². The molecule has 0 aromatic heterocycles. The first kappa shape index (κ1) is 17.9. The zero-order valence-corrected chi connectivity index (χ0v) is 14.7. The molecule has 132 valence electrons. The van der Waals surface area contributed by atoms with E-state index in [0.29, 0.717) is 29.4 Å².